The molecule has 1 N–H and O–H groups in total. The molecule has 1 atom stereocenters. The van der Waals surface area contributed by atoms with Crippen molar-refractivity contribution in [3.05, 3.63) is 127 Å². The summed E-state index contributed by atoms with van der Waals surface area (Å²) in [5, 5.41) is 2.79. The molecule has 0 saturated heterocycles. The number of fused-ring (bicyclic) bond motifs is 1. The molecule has 0 spiro atoms. The third kappa shape index (κ3) is 5.64. The van der Waals surface area contributed by atoms with Gasteiger partial charge in [-0.1, -0.05) is 78.1 Å². The molecule has 1 amide bonds. The van der Waals surface area contributed by atoms with Gasteiger partial charge in [0, 0.05) is 11.3 Å². The lowest BCUT2D eigenvalue weighted by Crippen LogP contribution is -2.39. The molecule has 40 heavy (non-hydrogen) atoms. The van der Waals surface area contributed by atoms with Crippen LogP contribution in [0.5, 0.6) is 5.75 Å². The Bertz CT molecular complexity index is 1760. The molecule has 2 heterocycles. The summed E-state index contributed by atoms with van der Waals surface area (Å²) in [6.45, 7) is 3.51. The van der Waals surface area contributed by atoms with Gasteiger partial charge in [-0.2, -0.15) is 0 Å². The maximum atomic E-state index is 13.8. The summed E-state index contributed by atoms with van der Waals surface area (Å²) in [5.74, 6) is -0.343. The molecule has 1 aromatic heterocycles. The first-order chi connectivity index (χ1) is 19.5. The molecular weight excluding hydrogens is 526 g/mol. The first kappa shape index (κ1) is 26.8. The van der Waals surface area contributed by atoms with E-state index in [2.05, 4.69) is 10.3 Å². The fourth-order valence-electron chi connectivity index (χ4n) is 4.48. The molecular formula is C31H27N3O5S. The summed E-state index contributed by atoms with van der Waals surface area (Å²) in [4.78, 5) is 44.3. The van der Waals surface area contributed by atoms with Gasteiger partial charge in [0.2, 0.25) is 0 Å². The quantitative estimate of drug-likeness (QED) is 0.335. The summed E-state index contributed by atoms with van der Waals surface area (Å²) < 4.78 is 13.1. The molecule has 202 valence electrons. The van der Waals surface area contributed by atoms with Crippen LogP contribution in [0.4, 0.5) is 5.69 Å². The fourth-order valence-corrected chi connectivity index (χ4v) is 5.51. The molecule has 0 radical (unpaired) electrons. The predicted molar refractivity (Wildman–Crippen MR) is 154 cm³/mol. The zero-order chi connectivity index (χ0) is 28.1. The van der Waals surface area contributed by atoms with Gasteiger partial charge in [-0.25, -0.2) is 9.79 Å². The number of anilines is 1. The average Bonchev–Trinajstić information content (AvgIpc) is 3.26. The Hall–Kier alpha value is -4.76. The average molecular weight is 554 g/mol. The lowest BCUT2D eigenvalue weighted by molar-refractivity contribution is -0.139. The van der Waals surface area contributed by atoms with Gasteiger partial charge in [0.15, 0.2) is 11.4 Å². The molecule has 3 aromatic carbocycles. The second-order valence-corrected chi connectivity index (χ2v) is 9.96. The minimum absolute atomic E-state index is 0.197. The second-order valence-electron chi connectivity index (χ2n) is 8.95. The van der Waals surface area contributed by atoms with Crippen LogP contribution in [0.15, 0.2) is 106 Å². The SMILES string of the molecule is CCOC(=O)C1=C(C)N=c2s/c(=C\c3ccccc3OCC(=O)Nc3ccccc3)c(=O)n2[C@@H]1c1ccccc1. The monoisotopic (exact) mass is 553 g/mol. The van der Waals surface area contributed by atoms with Crippen LogP contribution in [0, 0.1) is 0 Å². The third-order valence-electron chi connectivity index (χ3n) is 6.25. The van der Waals surface area contributed by atoms with Crippen LogP contribution < -0.4 is 24.9 Å². The van der Waals surface area contributed by atoms with Crippen LogP contribution in [0.3, 0.4) is 0 Å². The molecule has 8 nitrogen and oxygen atoms in total. The molecule has 9 heteroatoms. The van der Waals surface area contributed by atoms with Crippen LogP contribution in [0.2, 0.25) is 0 Å². The van der Waals surface area contributed by atoms with Crippen molar-refractivity contribution in [1.29, 1.82) is 0 Å². The van der Waals surface area contributed by atoms with Gasteiger partial charge >= 0.3 is 5.97 Å². The van der Waals surface area contributed by atoms with E-state index in [1.807, 2.05) is 60.7 Å². The molecule has 0 unspecified atom stereocenters. The number of hydrogen-bond acceptors (Lipinski definition) is 7. The number of para-hydroxylation sites is 2. The fraction of sp³-hybridized carbons (Fsp3) is 0.161. The molecule has 1 aliphatic heterocycles. The largest absolute Gasteiger partial charge is 0.483 e. The van der Waals surface area contributed by atoms with E-state index in [0.717, 1.165) is 5.56 Å². The van der Waals surface area contributed by atoms with Crippen LogP contribution in [0.25, 0.3) is 6.08 Å². The number of allylic oxidation sites excluding steroid dienone is 1. The number of esters is 1. The zero-order valence-electron chi connectivity index (χ0n) is 22.0. The van der Waals surface area contributed by atoms with E-state index in [9.17, 15) is 14.4 Å². The number of thiazole rings is 1. The van der Waals surface area contributed by atoms with E-state index < -0.39 is 12.0 Å². The molecule has 0 aliphatic carbocycles. The first-order valence-corrected chi connectivity index (χ1v) is 13.6. The van der Waals surface area contributed by atoms with Crippen LogP contribution >= 0.6 is 11.3 Å². The lowest BCUT2D eigenvalue weighted by Gasteiger charge is -2.24. The summed E-state index contributed by atoms with van der Waals surface area (Å²) in [5.41, 5.74) is 2.64. The topological polar surface area (TPSA) is 99.0 Å². The number of hydrogen-bond donors (Lipinski definition) is 1. The first-order valence-electron chi connectivity index (χ1n) is 12.8. The maximum absolute atomic E-state index is 13.8. The highest BCUT2D eigenvalue weighted by Gasteiger charge is 2.33. The summed E-state index contributed by atoms with van der Waals surface area (Å²) in [6.07, 6.45) is 1.72. The summed E-state index contributed by atoms with van der Waals surface area (Å²) in [6, 6.07) is 25.0. The predicted octanol–water partition coefficient (Wildman–Crippen LogP) is 3.82. The number of ether oxygens (including phenoxy) is 2. The number of benzene rings is 3. The van der Waals surface area contributed by atoms with Crippen molar-refractivity contribution >= 4 is 35.0 Å². The smallest absolute Gasteiger partial charge is 0.338 e. The number of aromatic nitrogens is 1. The van der Waals surface area contributed by atoms with Gasteiger partial charge < -0.3 is 14.8 Å². The van der Waals surface area contributed by atoms with E-state index in [1.54, 1.807) is 48.8 Å². The van der Waals surface area contributed by atoms with Crippen molar-refractivity contribution in [2.75, 3.05) is 18.5 Å². The lowest BCUT2D eigenvalue weighted by atomic mass is 9.96. The van der Waals surface area contributed by atoms with Crippen molar-refractivity contribution < 1.29 is 19.1 Å². The number of carbonyl (C=O) groups excluding carboxylic acids is 2. The van der Waals surface area contributed by atoms with E-state index in [4.69, 9.17) is 9.47 Å². The maximum Gasteiger partial charge on any atom is 0.338 e. The minimum atomic E-state index is -0.674. The highest BCUT2D eigenvalue weighted by Crippen LogP contribution is 2.30. The minimum Gasteiger partial charge on any atom is -0.483 e. The number of rotatable bonds is 8. The Kier molecular flexibility index (Phi) is 8.02. The highest BCUT2D eigenvalue weighted by molar-refractivity contribution is 7.07. The Morgan fingerprint density at radius 3 is 2.40 bits per heavy atom. The highest BCUT2D eigenvalue weighted by atomic mass is 32.1. The Balaban J connectivity index is 1.51. The number of carbonyl (C=O) groups is 2. The van der Waals surface area contributed by atoms with Gasteiger partial charge in [-0.05, 0) is 43.7 Å². The van der Waals surface area contributed by atoms with Gasteiger partial charge in [-0.15, -0.1) is 0 Å². The van der Waals surface area contributed by atoms with Crippen LogP contribution in [0.1, 0.15) is 31.0 Å². The molecule has 0 saturated carbocycles. The standard InChI is InChI=1S/C31H27N3O5S/c1-3-38-30(37)27-20(2)32-31-34(28(27)21-12-6-4-7-13-21)29(36)25(40-31)18-22-14-10-11-17-24(22)39-19-26(35)33-23-15-8-5-9-16-23/h4-18,28H,3,19H2,1-2H3,(H,33,35)/b25-18-/t28-/m1/s1. The zero-order valence-corrected chi connectivity index (χ0v) is 22.8. The second kappa shape index (κ2) is 12.0. The third-order valence-corrected chi connectivity index (χ3v) is 7.24. The van der Waals surface area contributed by atoms with Gasteiger partial charge in [0.1, 0.15) is 5.75 Å². The molecule has 4 aromatic rings. The number of nitrogens with zero attached hydrogens (tertiary/aromatic N) is 2. The van der Waals surface area contributed by atoms with Crippen molar-refractivity contribution in [2.24, 2.45) is 4.99 Å². The van der Waals surface area contributed by atoms with Crippen molar-refractivity contribution in [2.45, 2.75) is 19.9 Å². The van der Waals surface area contributed by atoms with E-state index in [1.165, 1.54) is 11.3 Å². The van der Waals surface area contributed by atoms with E-state index in [-0.39, 0.29) is 24.7 Å². The van der Waals surface area contributed by atoms with Crippen LogP contribution in [-0.4, -0.2) is 29.7 Å². The molecule has 1 aliphatic rings. The summed E-state index contributed by atoms with van der Waals surface area (Å²) in [7, 11) is 0. The van der Waals surface area contributed by atoms with Gasteiger partial charge in [0.25, 0.3) is 11.5 Å². The number of nitrogens with one attached hydrogen (secondary N) is 1. The molecule has 0 fully saturated rings. The number of amides is 1. The normalized spacial score (nSPS) is 14.8. The van der Waals surface area contributed by atoms with Crippen LogP contribution in [-0.2, 0) is 14.3 Å². The van der Waals surface area contributed by atoms with E-state index in [0.29, 0.717) is 37.6 Å². The van der Waals surface area contributed by atoms with Gasteiger partial charge in [-0.3, -0.25) is 14.2 Å². The van der Waals surface area contributed by atoms with Crippen molar-refractivity contribution in [3.8, 4) is 5.75 Å². The summed E-state index contributed by atoms with van der Waals surface area (Å²) >= 11 is 1.23. The Morgan fingerprint density at radius 1 is 1.00 bits per heavy atom. The van der Waals surface area contributed by atoms with Gasteiger partial charge in [0.05, 0.1) is 28.5 Å². The molecule has 0 bridgehead atoms. The van der Waals surface area contributed by atoms with Crippen molar-refractivity contribution in [3.63, 3.8) is 0 Å². The van der Waals surface area contributed by atoms with E-state index >= 15 is 0 Å². The Morgan fingerprint density at radius 2 is 1.68 bits per heavy atom. The van der Waals surface area contributed by atoms with Crippen molar-refractivity contribution in [1.82, 2.24) is 4.57 Å². The molecule has 5 rings (SSSR count). The Labute approximate surface area is 234 Å².